The lowest BCUT2D eigenvalue weighted by Gasteiger charge is -2.41. The molecular formula is C9H16N2O3. The van der Waals surface area contributed by atoms with Crippen molar-refractivity contribution in [1.82, 2.24) is 4.90 Å². The molecule has 1 aliphatic heterocycles. The zero-order valence-electron chi connectivity index (χ0n) is 8.53. The van der Waals surface area contributed by atoms with Gasteiger partial charge in [-0.15, -0.1) is 0 Å². The first-order valence-corrected chi connectivity index (χ1v) is 4.79. The van der Waals surface area contributed by atoms with E-state index in [0.717, 1.165) is 13.0 Å². The molecule has 0 saturated carbocycles. The lowest BCUT2D eigenvalue weighted by molar-refractivity contribution is -0.154. The van der Waals surface area contributed by atoms with Crippen LogP contribution in [0.25, 0.3) is 0 Å². The van der Waals surface area contributed by atoms with Crippen LogP contribution in [0.2, 0.25) is 0 Å². The normalized spacial score (nSPS) is 23.7. The number of ether oxygens (including phenoxy) is 1. The molecule has 0 aromatic heterocycles. The van der Waals surface area contributed by atoms with E-state index in [9.17, 15) is 9.59 Å². The van der Waals surface area contributed by atoms with E-state index in [1.54, 1.807) is 18.7 Å². The molecule has 1 saturated heterocycles. The van der Waals surface area contributed by atoms with E-state index in [0.29, 0.717) is 6.61 Å². The van der Waals surface area contributed by atoms with Crippen molar-refractivity contribution in [3.63, 3.8) is 0 Å². The summed E-state index contributed by atoms with van der Waals surface area (Å²) in [4.78, 5) is 24.0. The first-order chi connectivity index (χ1) is 6.57. The highest BCUT2D eigenvalue weighted by atomic mass is 16.5. The van der Waals surface area contributed by atoms with Gasteiger partial charge >= 0.3 is 5.97 Å². The van der Waals surface area contributed by atoms with Gasteiger partial charge in [0.15, 0.2) is 0 Å². The average molecular weight is 200 g/mol. The molecule has 14 heavy (non-hydrogen) atoms. The van der Waals surface area contributed by atoms with Crippen molar-refractivity contribution >= 4 is 11.9 Å². The van der Waals surface area contributed by atoms with Crippen LogP contribution in [0.15, 0.2) is 0 Å². The van der Waals surface area contributed by atoms with Crippen molar-refractivity contribution in [2.24, 2.45) is 5.73 Å². The Bertz CT molecular complexity index is 242. The van der Waals surface area contributed by atoms with Gasteiger partial charge in [-0.25, -0.2) is 0 Å². The molecule has 0 radical (unpaired) electrons. The first kappa shape index (κ1) is 11.0. The topological polar surface area (TPSA) is 72.6 Å². The SMILES string of the molecule is CCOC(=O)C(C)N1CCC1C(N)=O. The minimum Gasteiger partial charge on any atom is -0.465 e. The maximum atomic E-state index is 11.3. The standard InChI is InChI=1S/C9H16N2O3/c1-3-14-9(13)6(2)11-5-4-7(11)8(10)12/h6-7H,3-5H2,1-2H3,(H2,10,12). The molecule has 5 nitrogen and oxygen atoms in total. The summed E-state index contributed by atoms with van der Waals surface area (Å²) in [7, 11) is 0. The number of hydrogen-bond acceptors (Lipinski definition) is 4. The average Bonchev–Trinajstić information content (AvgIpc) is 2.01. The van der Waals surface area contributed by atoms with Gasteiger partial charge in [0.05, 0.1) is 12.6 Å². The Hall–Kier alpha value is -1.10. The van der Waals surface area contributed by atoms with Gasteiger partial charge in [-0.1, -0.05) is 0 Å². The zero-order chi connectivity index (χ0) is 10.7. The van der Waals surface area contributed by atoms with E-state index in [-0.39, 0.29) is 24.0 Å². The third-order valence-electron chi connectivity index (χ3n) is 2.51. The van der Waals surface area contributed by atoms with Crippen LogP contribution in [0.5, 0.6) is 0 Å². The van der Waals surface area contributed by atoms with Gasteiger partial charge in [0, 0.05) is 6.54 Å². The number of carbonyl (C=O) groups excluding carboxylic acids is 2. The second-order valence-corrected chi connectivity index (χ2v) is 3.37. The fraction of sp³-hybridized carbons (Fsp3) is 0.778. The monoisotopic (exact) mass is 200 g/mol. The van der Waals surface area contributed by atoms with Crippen LogP contribution in [0.1, 0.15) is 20.3 Å². The second kappa shape index (κ2) is 4.41. The first-order valence-electron chi connectivity index (χ1n) is 4.79. The smallest absolute Gasteiger partial charge is 0.323 e. The number of esters is 1. The van der Waals surface area contributed by atoms with Gasteiger partial charge in [-0.3, -0.25) is 14.5 Å². The van der Waals surface area contributed by atoms with Crippen LogP contribution in [0, 0.1) is 0 Å². The van der Waals surface area contributed by atoms with Crippen molar-refractivity contribution in [3.05, 3.63) is 0 Å². The fourth-order valence-corrected chi connectivity index (χ4v) is 1.57. The van der Waals surface area contributed by atoms with Crippen molar-refractivity contribution in [1.29, 1.82) is 0 Å². The molecule has 1 aliphatic rings. The molecule has 2 atom stereocenters. The maximum Gasteiger partial charge on any atom is 0.323 e. The quantitative estimate of drug-likeness (QED) is 0.621. The molecule has 2 N–H and O–H groups in total. The molecule has 80 valence electrons. The van der Waals surface area contributed by atoms with Crippen LogP contribution in [-0.4, -0.2) is 42.0 Å². The van der Waals surface area contributed by atoms with Crippen molar-refractivity contribution in [2.75, 3.05) is 13.2 Å². The highest BCUT2D eigenvalue weighted by Crippen LogP contribution is 2.20. The Morgan fingerprint density at radius 3 is 2.64 bits per heavy atom. The second-order valence-electron chi connectivity index (χ2n) is 3.37. The van der Waals surface area contributed by atoms with Crippen LogP contribution in [0.3, 0.4) is 0 Å². The Morgan fingerprint density at radius 2 is 2.29 bits per heavy atom. The number of primary amides is 1. The van der Waals surface area contributed by atoms with Gasteiger partial charge in [0.2, 0.25) is 5.91 Å². The van der Waals surface area contributed by atoms with E-state index in [1.165, 1.54) is 0 Å². The summed E-state index contributed by atoms with van der Waals surface area (Å²) in [5.41, 5.74) is 5.17. The van der Waals surface area contributed by atoms with E-state index < -0.39 is 0 Å². The summed E-state index contributed by atoms with van der Waals surface area (Å²) in [6.45, 7) is 4.57. The van der Waals surface area contributed by atoms with Crippen LogP contribution >= 0.6 is 0 Å². The third-order valence-corrected chi connectivity index (χ3v) is 2.51. The summed E-state index contributed by atoms with van der Waals surface area (Å²) < 4.78 is 4.86. The highest BCUT2D eigenvalue weighted by Gasteiger charge is 2.38. The molecule has 0 aromatic rings. The molecule has 1 fully saturated rings. The molecule has 5 heteroatoms. The fourth-order valence-electron chi connectivity index (χ4n) is 1.57. The number of hydrogen-bond donors (Lipinski definition) is 1. The Kier molecular flexibility index (Phi) is 3.46. The molecule has 1 amide bonds. The Labute approximate surface area is 83.2 Å². The molecule has 0 aliphatic carbocycles. The lowest BCUT2D eigenvalue weighted by atomic mass is 10.00. The number of rotatable bonds is 4. The highest BCUT2D eigenvalue weighted by molar-refractivity contribution is 5.83. The lowest BCUT2D eigenvalue weighted by Crippen LogP contribution is -2.60. The van der Waals surface area contributed by atoms with Gasteiger partial charge in [-0.05, 0) is 20.3 Å². The van der Waals surface area contributed by atoms with Gasteiger partial charge < -0.3 is 10.5 Å². The maximum absolute atomic E-state index is 11.3. The van der Waals surface area contributed by atoms with E-state index in [2.05, 4.69) is 0 Å². The minimum absolute atomic E-state index is 0.293. The van der Waals surface area contributed by atoms with Crippen molar-refractivity contribution in [3.8, 4) is 0 Å². The summed E-state index contributed by atoms with van der Waals surface area (Å²) in [5.74, 6) is -0.661. The van der Waals surface area contributed by atoms with Crippen molar-refractivity contribution < 1.29 is 14.3 Å². The Balaban J connectivity index is 2.49. The number of likely N-dealkylation sites (tertiary alicyclic amines) is 1. The van der Waals surface area contributed by atoms with Crippen LogP contribution in [0.4, 0.5) is 0 Å². The van der Waals surface area contributed by atoms with Crippen LogP contribution < -0.4 is 5.73 Å². The van der Waals surface area contributed by atoms with Gasteiger partial charge in [0.25, 0.3) is 0 Å². The number of nitrogens with zero attached hydrogens (tertiary/aromatic N) is 1. The molecule has 1 rings (SSSR count). The summed E-state index contributed by atoms with van der Waals surface area (Å²) in [6.07, 6.45) is 0.735. The molecule has 0 bridgehead atoms. The molecule has 0 spiro atoms. The van der Waals surface area contributed by atoms with E-state index in [4.69, 9.17) is 10.5 Å². The minimum atomic E-state index is -0.374. The zero-order valence-corrected chi connectivity index (χ0v) is 8.53. The molecule has 0 aromatic carbocycles. The predicted molar refractivity (Wildman–Crippen MR) is 50.4 cm³/mol. The number of carbonyl (C=O) groups is 2. The Morgan fingerprint density at radius 1 is 1.64 bits per heavy atom. The largest absolute Gasteiger partial charge is 0.465 e. The molecule has 1 heterocycles. The third kappa shape index (κ3) is 2.04. The number of nitrogens with two attached hydrogens (primary N) is 1. The summed E-state index contributed by atoms with van der Waals surface area (Å²) >= 11 is 0. The van der Waals surface area contributed by atoms with Gasteiger partial charge in [-0.2, -0.15) is 0 Å². The summed E-state index contributed by atoms with van der Waals surface area (Å²) in [6, 6.07) is -0.671. The molecular weight excluding hydrogens is 184 g/mol. The summed E-state index contributed by atoms with van der Waals surface area (Å²) in [5, 5.41) is 0. The van der Waals surface area contributed by atoms with Crippen molar-refractivity contribution in [2.45, 2.75) is 32.4 Å². The van der Waals surface area contributed by atoms with Crippen LogP contribution in [-0.2, 0) is 14.3 Å². The predicted octanol–water partition coefficient (Wildman–Crippen LogP) is -0.502. The van der Waals surface area contributed by atoms with E-state index in [1.807, 2.05) is 0 Å². The molecule has 2 unspecified atom stereocenters. The number of amides is 1. The van der Waals surface area contributed by atoms with E-state index >= 15 is 0 Å². The van der Waals surface area contributed by atoms with Gasteiger partial charge in [0.1, 0.15) is 6.04 Å².